The lowest BCUT2D eigenvalue weighted by molar-refractivity contribution is 0.462. The Morgan fingerprint density at radius 2 is 1.69 bits per heavy atom. The summed E-state index contributed by atoms with van der Waals surface area (Å²) in [5.74, 6) is 0.263. The van der Waals surface area contributed by atoms with Gasteiger partial charge in [-0.25, -0.2) is 0 Å². The van der Waals surface area contributed by atoms with Gasteiger partial charge in [0.1, 0.15) is 5.75 Å². The van der Waals surface area contributed by atoms with Crippen molar-refractivity contribution < 1.29 is 5.11 Å². The number of halogens is 2. The summed E-state index contributed by atoms with van der Waals surface area (Å²) in [7, 11) is 0. The molecule has 0 fully saturated rings. The second kappa shape index (κ2) is 5.00. The predicted molar refractivity (Wildman–Crippen MR) is 68.7 cm³/mol. The van der Waals surface area contributed by atoms with E-state index in [0.29, 0.717) is 10.0 Å². The molecule has 16 heavy (non-hydrogen) atoms. The van der Waals surface area contributed by atoms with Crippen molar-refractivity contribution in [3.63, 3.8) is 0 Å². The van der Waals surface area contributed by atoms with Gasteiger partial charge in [0.25, 0.3) is 0 Å². The van der Waals surface area contributed by atoms with Gasteiger partial charge in [0.15, 0.2) is 0 Å². The van der Waals surface area contributed by atoms with E-state index in [-0.39, 0.29) is 5.75 Å². The number of phenols is 1. The van der Waals surface area contributed by atoms with Crippen LogP contribution in [0, 0.1) is 0 Å². The summed E-state index contributed by atoms with van der Waals surface area (Å²) >= 11 is 13.2. The first-order chi connectivity index (χ1) is 7.66. The van der Waals surface area contributed by atoms with Crippen LogP contribution in [0.4, 0.5) is 0 Å². The number of para-hydroxylation sites is 1. The molecule has 0 aliphatic heterocycles. The highest BCUT2D eigenvalue weighted by Crippen LogP contribution is 2.36. The molecule has 0 saturated carbocycles. The lowest BCUT2D eigenvalue weighted by atomic mass is 10.3. The van der Waals surface area contributed by atoms with Crippen molar-refractivity contribution >= 4 is 35.0 Å². The molecule has 0 atom stereocenters. The normalized spacial score (nSPS) is 10.4. The molecule has 0 bridgehead atoms. The number of hydrogen-bond donors (Lipinski definition) is 1. The summed E-state index contributed by atoms with van der Waals surface area (Å²) in [5, 5.41) is 10.7. The Labute approximate surface area is 108 Å². The molecule has 0 aliphatic carbocycles. The molecule has 0 aromatic heterocycles. The second-order valence-electron chi connectivity index (χ2n) is 3.15. The summed E-state index contributed by atoms with van der Waals surface area (Å²) in [6, 6.07) is 12.6. The molecule has 1 N–H and O–H groups in total. The van der Waals surface area contributed by atoms with E-state index < -0.39 is 0 Å². The van der Waals surface area contributed by atoms with Gasteiger partial charge in [0, 0.05) is 4.90 Å². The molecule has 0 spiro atoms. The molecule has 4 heteroatoms. The molecule has 2 rings (SSSR count). The van der Waals surface area contributed by atoms with Crippen LogP contribution in [0.15, 0.2) is 52.3 Å². The summed E-state index contributed by atoms with van der Waals surface area (Å²) in [6.07, 6.45) is 0. The van der Waals surface area contributed by atoms with Gasteiger partial charge < -0.3 is 5.11 Å². The molecule has 0 aliphatic rings. The Balaban J connectivity index is 2.28. The lowest BCUT2D eigenvalue weighted by Gasteiger charge is -2.04. The molecule has 0 unspecified atom stereocenters. The van der Waals surface area contributed by atoms with Crippen molar-refractivity contribution in [3.05, 3.63) is 52.5 Å². The fourth-order valence-corrected chi connectivity index (χ4v) is 2.46. The number of rotatable bonds is 2. The minimum Gasteiger partial charge on any atom is -0.507 e. The Morgan fingerprint density at radius 3 is 2.38 bits per heavy atom. The van der Waals surface area contributed by atoms with Gasteiger partial charge in [-0.15, -0.1) is 0 Å². The van der Waals surface area contributed by atoms with Gasteiger partial charge >= 0.3 is 0 Å². The van der Waals surface area contributed by atoms with Crippen LogP contribution in [0.5, 0.6) is 5.75 Å². The fraction of sp³-hybridized carbons (Fsp3) is 0. The first kappa shape index (κ1) is 11.6. The molecule has 0 amide bonds. The van der Waals surface area contributed by atoms with Crippen molar-refractivity contribution in [1.29, 1.82) is 0 Å². The van der Waals surface area contributed by atoms with Crippen LogP contribution in [0.3, 0.4) is 0 Å². The Bertz CT molecular complexity index is 514. The van der Waals surface area contributed by atoms with Crippen LogP contribution in [-0.2, 0) is 0 Å². The minimum absolute atomic E-state index is 0.263. The summed E-state index contributed by atoms with van der Waals surface area (Å²) in [6.45, 7) is 0. The molecular formula is C12H8Cl2OS. The highest BCUT2D eigenvalue weighted by atomic mass is 35.5. The van der Waals surface area contributed by atoms with E-state index in [1.54, 1.807) is 24.3 Å². The molecular weight excluding hydrogens is 263 g/mol. The first-order valence-electron chi connectivity index (χ1n) is 4.58. The molecule has 2 aromatic carbocycles. The lowest BCUT2D eigenvalue weighted by Crippen LogP contribution is -1.76. The van der Waals surface area contributed by atoms with E-state index in [2.05, 4.69) is 0 Å². The zero-order valence-corrected chi connectivity index (χ0v) is 10.5. The zero-order valence-electron chi connectivity index (χ0n) is 8.15. The van der Waals surface area contributed by atoms with E-state index >= 15 is 0 Å². The molecule has 0 saturated heterocycles. The van der Waals surface area contributed by atoms with E-state index in [1.165, 1.54) is 11.8 Å². The Kier molecular flexibility index (Phi) is 3.64. The van der Waals surface area contributed by atoms with Gasteiger partial charge in [0.05, 0.1) is 14.9 Å². The van der Waals surface area contributed by atoms with Crippen molar-refractivity contribution in [3.8, 4) is 5.75 Å². The number of hydrogen-bond acceptors (Lipinski definition) is 2. The largest absolute Gasteiger partial charge is 0.507 e. The third-order valence-corrected chi connectivity index (χ3v) is 3.78. The van der Waals surface area contributed by atoms with Crippen LogP contribution < -0.4 is 0 Å². The van der Waals surface area contributed by atoms with Crippen molar-refractivity contribution in [2.45, 2.75) is 9.79 Å². The number of benzene rings is 2. The molecule has 0 heterocycles. The predicted octanol–water partition coefficient (Wildman–Crippen LogP) is 4.85. The van der Waals surface area contributed by atoms with E-state index in [9.17, 15) is 5.11 Å². The maximum absolute atomic E-state index is 9.62. The topological polar surface area (TPSA) is 20.2 Å². The minimum atomic E-state index is 0.263. The molecule has 0 radical (unpaired) electrons. The van der Waals surface area contributed by atoms with Crippen molar-refractivity contribution in [2.75, 3.05) is 0 Å². The average molecular weight is 271 g/mol. The van der Waals surface area contributed by atoms with Crippen LogP contribution >= 0.6 is 35.0 Å². The van der Waals surface area contributed by atoms with E-state index in [4.69, 9.17) is 23.2 Å². The highest BCUT2D eigenvalue weighted by Gasteiger charge is 2.04. The summed E-state index contributed by atoms with van der Waals surface area (Å²) in [5.41, 5.74) is 0. The second-order valence-corrected chi connectivity index (χ2v) is 5.08. The Hall–Kier alpha value is -0.830. The van der Waals surface area contributed by atoms with Crippen LogP contribution in [0.25, 0.3) is 0 Å². The molecule has 2 aromatic rings. The quantitative estimate of drug-likeness (QED) is 0.842. The standard InChI is InChI=1S/C12H8Cl2OS/c13-9-6-5-8(7-10(9)14)16-12-4-2-1-3-11(12)15/h1-7,15H. The maximum Gasteiger partial charge on any atom is 0.129 e. The van der Waals surface area contributed by atoms with Gasteiger partial charge in [0.2, 0.25) is 0 Å². The van der Waals surface area contributed by atoms with Crippen LogP contribution in [0.2, 0.25) is 10.0 Å². The third-order valence-electron chi connectivity index (χ3n) is 1.98. The van der Waals surface area contributed by atoms with Gasteiger partial charge in [-0.2, -0.15) is 0 Å². The number of aromatic hydroxyl groups is 1. The fourth-order valence-electron chi connectivity index (χ4n) is 1.21. The average Bonchev–Trinajstić information content (AvgIpc) is 2.27. The van der Waals surface area contributed by atoms with E-state index in [0.717, 1.165) is 9.79 Å². The van der Waals surface area contributed by atoms with Gasteiger partial charge in [-0.3, -0.25) is 0 Å². The van der Waals surface area contributed by atoms with Crippen molar-refractivity contribution in [2.24, 2.45) is 0 Å². The molecule has 82 valence electrons. The monoisotopic (exact) mass is 270 g/mol. The first-order valence-corrected chi connectivity index (χ1v) is 6.15. The van der Waals surface area contributed by atoms with Crippen LogP contribution in [-0.4, -0.2) is 5.11 Å². The zero-order chi connectivity index (χ0) is 11.5. The Morgan fingerprint density at radius 1 is 0.938 bits per heavy atom. The summed E-state index contributed by atoms with van der Waals surface area (Å²) in [4.78, 5) is 1.73. The third kappa shape index (κ3) is 2.64. The SMILES string of the molecule is Oc1ccccc1Sc1ccc(Cl)c(Cl)c1. The summed E-state index contributed by atoms with van der Waals surface area (Å²) < 4.78 is 0. The van der Waals surface area contributed by atoms with E-state index in [1.807, 2.05) is 18.2 Å². The van der Waals surface area contributed by atoms with Crippen LogP contribution in [0.1, 0.15) is 0 Å². The highest BCUT2D eigenvalue weighted by molar-refractivity contribution is 7.99. The number of phenolic OH excluding ortho intramolecular Hbond substituents is 1. The maximum atomic E-state index is 9.62. The van der Waals surface area contributed by atoms with Gasteiger partial charge in [-0.05, 0) is 30.3 Å². The molecule has 1 nitrogen and oxygen atoms in total. The van der Waals surface area contributed by atoms with Crippen molar-refractivity contribution in [1.82, 2.24) is 0 Å². The smallest absolute Gasteiger partial charge is 0.129 e. The van der Waals surface area contributed by atoms with Gasteiger partial charge in [-0.1, -0.05) is 47.1 Å².